The van der Waals surface area contributed by atoms with Crippen molar-refractivity contribution in [3.8, 4) is 11.1 Å². The monoisotopic (exact) mass is 657 g/mol. The second kappa shape index (κ2) is 14.1. The van der Waals surface area contributed by atoms with E-state index in [1.54, 1.807) is 6.07 Å². The van der Waals surface area contributed by atoms with Crippen LogP contribution in [0.5, 0.6) is 0 Å². The van der Waals surface area contributed by atoms with Gasteiger partial charge in [-0.05, 0) is 58.5 Å². The number of carboxylic acids is 1. The van der Waals surface area contributed by atoms with E-state index in [0.717, 1.165) is 22.3 Å². The minimum atomic E-state index is -4.17. The Morgan fingerprint density at radius 3 is 2.04 bits per heavy atom. The average molecular weight is 659 g/mol. The van der Waals surface area contributed by atoms with Gasteiger partial charge in [0.1, 0.15) is 0 Å². The van der Waals surface area contributed by atoms with Gasteiger partial charge in [0, 0.05) is 24.1 Å². The van der Waals surface area contributed by atoms with Gasteiger partial charge < -0.3 is 5.11 Å². The fourth-order valence-corrected chi connectivity index (χ4v) is 6.85. The molecule has 1 atom stereocenters. The van der Waals surface area contributed by atoms with Crippen LogP contribution in [0.15, 0.2) is 126 Å². The van der Waals surface area contributed by atoms with E-state index in [0.29, 0.717) is 5.56 Å². The van der Waals surface area contributed by atoms with Gasteiger partial charge in [-0.1, -0.05) is 120 Å². The Morgan fingerprint density at radius 1 is 0.733 bits per heavy atom. The van der Waals surface area contributed by atoms with Crippen LogP contribution in [-0.2, 0) is 27.7 Å². The molecular formula is C36H29Cl2NO5S. The molecule has 2 N–H and O–H groups in total. The molecule has 0 aliphatic carbocycles. The number of hydrogen-bond acceptors (Lipinski definition) is 4. The van der Waals surface area contributed by atoms with Crippen molar-refractivity contribution in [1.29, 1.82) is 0 Å². The summed E-state index contributed by atoms with van der Waals surface area (Å²) in [5.41, 5.74) is 4.42. The van der Waals surface area contributed by atoms with E-state index in [9.17, 15) is 23.1 Å². The minimum Gasteiger partial charge on any atom is -0.481 e. The van der Waals surface area contributed by atoms with E-state index in [4.69, 9.17) is 23.2 Å². The number of carbonyl (C=O) groups excluding carboxylic acids is 1. The lowest BCUT2D eigenvalue weighted by molar-refractivity contribution is -0.141. The first-order chi connectivity index (χ1) is 21.6. The van der Waals surface area contributed by atoms with Gasteiger partial charge >= 0.3 is 5.97 Å². The van der Waals surface area contributed by atoms with Crippen LogP contribution in [0.1, 0.15) is 33.5 Å². The largest absolute Gasteiger partial charge is 0.481 e. The van der Waals surface area contributed by atoms with Crippen LogP contribution in [-0.4, -0.2) is 25.3 Å². The van der Waals surface area contributed by atoms with E-state index in [1.807, 2.05) is 84.9 Å². The summed E-state index contributed by atoms with van der Waals surface area (Å²) in [5, 5.41) is 10.1. The zero-order valence-electron chi connectivity index (χ0n) is 24.0. The molecule has 0 fully saturated rings. The van der Waals surface area contributed by atoms with E-state index >= 15 is 0 Å². The van der Waals surface area contributed by atoms with Crippen molar-refractivity contribution in [1.82, 2.24) is 0 Å². The standard InChI is InChI=1S/C36H29Cl2NO5S/c37-32-18-19-34(31(35(32)38)21-25-14-16-27(17-15-25)26-10-5-2-6-11-26)45(43,44)39-30-13-7-12-28(22-30)33(40)23-29(36(41)42)20-24-8-3-1-4-9-24/h1-19,22,29,39H,20-21,23H2,(H,41,42). The van der Waals surface area contributed by atoms with Crippen LogP contribution in [0.3, 0.4) is 0 Å². The quantitative estimate of drug-likeness (QED) is 0.131. The van der Waals surface area contributed by atoms with Gasteiger partial charge in [0.2, 0.25) is 0 Å². The first kappa shape index (κ1) is 32.0. The Labute approximate surface area is 272 Å². The number of sulfonamides is 1. The second-order valence-corrected chi connectivity index (χ2v) is 13.1. The average Bonchev–Trinajstić information content (AvgIpc) is 3.04. The van der Waals surface area contributed by atoms with Crippen LogP contribution in [0.4, 0.5) is 5.69 Å². The number of rotatable bonds is 12. The molecule has 45 heavy (non-hydrogen) atoms. The Kier molecular flexibility index (Phi) is 10.0. The van der Waals surface area contributed by atoms with Crippen molar-refractivity contribution in [2.75, 3.05) is 4.72 Å². The molecule has 0 amide bonds. The summed E-state index contributed by atoms with van der Waals surface area (Å²) in [4.78, 5) is 25.0. The highest BCUT2D eigenvalue weighted by molar-refractivity contribution is 7.92. The summed E-state index contributed by atoms with van der Waals surface area (Å²) in [6.07, 6.45) is 0.172. The molecule has 0 saturated heterocycles. The van der Waals surface area contributed by atoms with Gasteiger partial charge in [-0.2, -0.15) is 0 Å². The fourth-order valence-electron chi connectivity index (χ4n) is 5.09. The number of benzene rings is 5. The van der Waals surface area contributed by atoms with Crippen LogP contribution in [0, 0.1) is 5.92 Å². The summed E-state index contributed by atoms with van der Waals surface area (Å²) in [6.45, 7) is 0. The zero-order valence-corrected chi connectivity index (χ0v) is 26.3. The van der Waals surface area contributed by atoms with Crippen molar-refractivity contribution in [3.63, 3.8) is 0 Å². The van der Waals surface area contributed by atoms with E-state index < -0.39 is 27.7 Å². The Hall–Kier alpha value is -4.43. The van der Waals surface area contributed by atoms with Gasteiger partial charge in [0.25, 0.3) is 10.0 Å². The summed E-state index contributed by atoms with van der Waals surface area (Å²) >= 11 is 12.9. The Morgan fingerprint density at radius 2 is 1.38 bits per heavy atom. The van der Waals surface area contributed by atoms with Gasteiger partial charge in [0.05, 0.1) is 20.9 Å². The minimum absolute atomic E-state index is 0.0467. The number of anilines is 1. The topological polar surface area (TPSA) is 101 Å². The van der Waals surface area contributed by atoms with Crippen molar-refractivity contribution in [2.24, 2.45) is 5.92 Å². The number of Topliss-reactive ketones (excluding diaryl/α,β-unsaturated/α-hetero) is 1. The van der Waals surface area contributed by atoms with E-state index in [-0.39, 0.29) is 45.5 Å². The molecule has 0 bridgehead atoms. The normalized spacial score (nSPS) is 12.0. The number of ketones is 1. The molecule has 0 aliphatic heterocycles. The summed E-state index contributed by atoms with van der Waals surface area (Å²) in [5.74, 6) is -2.42. The van der Waals surface area contributed by atoms with Gasteiger partial charge in [0.15, 0.2) is 5.78 Å². The number of aliphatic carboxylic acids is 1. The number of hydrogen-bond donors (Lipinski definition) is 2. The maximum absolute atomic E-state index is 13.7. The lowest BCUT2D eigenvalue weighted by atomic mass is 9.92. The third kappa shape index (κ3) is 8.00. The SMILES string of the molecule is O=C(CC(Cc1ccccc1)C(=O)O)c1cccc(NS(=O)(=O)c2ccc(Cl)c(Cl)c2Cc2ccc(-c3ccccc3)cc2)c1. The highest BCUT2D eigenvalue weighted by Crippen LogP contribution is 2.34. The number of carbonyl (C=O) groups is 2. The van der Waals surface area contributed by atoms with Crippen molar-refractivity contribution < 1.29 is 23.1 Å². The number of carboxylic acid groups (broad SMARTS) is 1. The highest BCUT2D eigenvalue weighted by atomic mass is 35.5. The summed E-state index contributed by atoms with van der Waals surface area (Å²) in [6, 6.07) is 35.6. The molecule has 0 aliphatic rings. The number of nitrogens with one attached hydrogen (secondary N) is 1. The van der Waals surface area contributed by atoms with Gasteiger partial charge in [-0.3, -0.25) is 14.3 Å². The zero-order chi connectivity index (χ0) is 32.0. The maximum atomic E-state index is 13.7. The lowest BCUT2D eigenvalue weighted by Crippen LogP contribution is -2.21. The van der Waals surface area contributed by atoms with E-state index in [2.05, 4.69) is 4.72 Å². The summed E-state index contributed by atoms with van der Waals surface area (Å²) < 4.78 is 29.9. The molecule has 5 aromatic carbocycles. The molecule has 228 valence electrons. The first-order valence-electron chi connectivity index (χ1n) is 14.1. The molecule has 5 aromatic rings. The third-order valence-electron chi connectivity index (χ3n) is 7.43. The smallest absolute Gasteiger partial charge is 0.307 e. The third-order valence-corrected chi connectivity index (χ3v) is 9.74. The predicted molar refractivity (Wildman–Crippen MR) is 179 cm³/mol. The van der Waals surface area contributed by atoms with Crippen LogP contribution in [0.25, 0.3) is 11.1 Å². The molecule has 1 unspecified atom stereocenters. The van der Waals surface area contributed by atoms with Crippen LogP contribution < -0.4 is 4.72 Å². The lowest BCUT2D eigenvalue weighted by Gasteiger charge is -2.16. The second-order valence-electron chi connectivity index (χ2n) is 10.6. The summed E-state index contributed by atoms with van der Waals surface area (Å²) in [7, 11) is -4.17. The predicted octanol–water partition coefficient (Wildman–Crippen LogP) is 8.57. The maximum Gasteiger partial charge on any atom is 0.307 e. The molecule has 0 heterocycles. The van der Waals surface area contributed by atoms with Crippen LogP contribution >= 0.6 is 23.2 Å². The van der Waals surface area contributed by atoms with Crippen LogP contribution in [0.2, 0.25) is 10.0 Å². The molecule has 9 heteroatoms. The molecule has 0 radical (unpaired) electrons. The Balaban J connectivity index is 1.36. The van der Waals surface area contributed by atoms with Crippen molar-refractivity contribution >= 4 is 50.7 Å². The first-order valence-corrected chi connectivity index (χ1v) is 16.4. The highest BCUT2D eigenvalue weighted by Gasteiger charge is 2.25. The van der Waals surface area contributed by atoms with Gasteiger partial charge in [-0.25, -0.2) is 8.42 Å². The van der Waals surface area contributed by atoms with Crippen molar-refractivity contribution in [2.45, 2.75) is 24.2 Å². The van der Waals surface area contributed by atoms with Gasteiger partial charge in [-0.15, -0.1) is 0 Å². The fraction of sp³-hybridized carbons (Fsp3) is 0.111. The molecule has 6 nitrogen and oxygen atoms in total. The molecule has 5 rings (SSSR count). The molecule has 0 saturated carbocycles. The van der Waals surface area contributed by atoms with E-state index in [1.165, 1.54) is 30.3 Å². The molecule has 0 aromatic heterocycles. The molecular weight excluding hydrogens is 629 g/mol. The molecule has 0 spiro atoms. The van der Waals surface area contributed by atoms with Crippen molar-refractivity contribution in [3.05, 3.63) is 154 Å². The number of halogens is 2. The Bertz CT molecular complexity index is 1930.